The first-order valence-electron chi connectivity index (χ1n) is 5.01. The molecular weight excluding hydrogens is 187 g/mol. The molecule has 1 unspecified atom stereocenters. The molecule has 1 N–H and O–H groups in total. The maximum atomic E-state index is 10.3. The van der Waals surface area contributed by atoms with E-state index in [2.05, 4.69) is 6.92 Å². The zero-order chi connectivity index (χ0) is 9.68. The summed E-state index contributed by atoms with van der Waals surface area (Å²) < 4.78 is 15.0. The van der Waals surface area contributed by atoms with Crippen LogP contribution in [0.1, 0.15) is 39.0 Å². The van der Waals surface area contributed by atoms with Gasteiger partial charge in [-0.2, -0.15) is 0 Å². The summed E-state index contributed by atoms with van der Waals surface area (Å²) >= 11 is 0. The van der Waals surface area contributed by atoms with E-state index in [-0.39, 0.29) is 0 Å². The first-order chi connectivity index (χ1) is 6.22. The molecule has 0 aromatic heterocycles. The van der Waals surface area contributed by atoms with Gasteiger partial charge in [0.15, 0.2) is 0 Å². The van der Waals surface area contributed by atoms with Crippen LogP contribution in [0, 0.1) is 11.8 Å². The minimum Gasteiger partial charge on any atom is -0.133 e. The standard InChI is InChI=1S/C9H17O3P/c1-2-8-3-5-9(6-4-8)7-12-13(10)11/h8-9H,2-7H2,1H3/p+1. The molecule has 76 valence electrons. The van der Waals surface area contributed by atoms with E-state index in [1.807, 2.05) is 0 Å². The van der Waals surface area contributed by atoms with Crippen molar-refractivity contribution < 1.29 is 14.0 Å². The molecule has 1 atom stereocenters. The third-order valence-corrected chi connectivity index (χ3v) is 3.33. The second-order valence-electron chi connectivity index (χ2n) is 3.83. The second kappa shape index (κ2) is 5.69. The minimum absolute atomic E-state index is 0.460. The van der Waals surface area contributed by atoms with Crippen molar-refractivity contribution in [2.45, 2.75) is 39.0 Å². The van der Waals surface area contributed by atoms with Crippen molar-refractivity contribution in [2.24, 2.45) is 11.8 Å². The Balaban J connectivity index is 2.14. The summed E-state index contributed by atoms with van der Waals surface area (Å²) in [7, 11) is -2.39. The molecule has 0 saturated heterocycles. The molecule has 0 aromatic rings. The van der Waals surface area contributed by atoms with E-state index < -0.39 is 8.25 Å². The fourth-order valence-electron chi connectivity index (χ4n) is 1.98. The molecule has 1 fully saturated rings. The molecule has 1 saturated carbocycles. The normalized spacial score (nSPS) is 30.2. The van der Waals surface area contributed by atoms with Crippen molar-refractivity contribution in [3.63, 3.8) is 0 Å². The second-order valence-corrected chi connectivity index (χ2v) is 4.56. The molecule has 1 rings (SSSR count). The minimum atomic E-state index is -2.39. The molecule has 4 heteroatoms. The third kappa shape index (κ3) is 4.17. The quantitative estimate of drug-likeness (QED) is 0.718. The molecule has 0 radical (unpaired) electrons. The van der Waals surface area contributed by atoms with Gasteiger partial charge in [0.2, 0.25) is 0 Å². The predicted octanol–water partition coefficient (Wildman–Crippen LogP) is 2.87. The SMILES string of the molecule is CCC1CCC(CO[P+](=O)O)CC1. The van der Waals surface area contributed by atoms with Gasteiger partial charge >= 0.3 is 8.25 Å². The molecule has 0 spiro atoms. The van der Waals surface area contributed by atoms with Gasteiger partial charge in [0.05, 0.1) is 0 Å². The number of rotatable bonds is 4. The summed E-state index contributed by atoms with van der Waals surface area (Å²) in [5, 5.41) is 0. The topological polar surface area (TPSA) is 46.5 Å². The van der Waals surface area contributed by atoms with Crippen molar-refractivity contribution in [2.75, 3.05) is 6.61 Å². The van der Waals surface area contributed by atoms with Crippen LogP contribution < -0.4 is 0 Å². The molecule has 0 aliphatic heterocycles. The van der Waals surface area contributed by atoms with Crippen LogP contribution in [0.3, 0.4) is 0 Å². The van der Waals surface area contributed by atoms with Crippen LogP contribution in [-0.2, 0) is 9.09 Å². The lowest BCUT2D eigenvalue weighted by Gasteiger charge is -2.25. The maximum absolute atomic E-state index is 10.3. The zero-order valence-electron chi connectivity index (χ0n) is 8.11. The van der Waals surface area contributed by atoms with Gasteiger partial charge in [-0.25, -0.2) is 0 Å². The molecule has 13 heavy (non-hydrogen) atoms. The Bertz CT molecular complexity index is 164. The van der Waals surface area contributed by atoms with Crippen LogP contribution in [0.5, 0.6) is 0 Å². The average molecular weight is 205 g/mol. The van der Waals surface area contributed by atoms with Crippen LogP contribution in [-0.4, -0.2) is 11.5 Å². The van der Waals surface area contributed by atoms with Crippen molar-refractivity contribution in [3.8, 4) is 0 Å². The van der Waals surface area contributed by atoms with Gasteiger partial charge in [-0.1, -0.05) is 26.2 Å². The van der Waals surface area contributed by atoms with Crippen LogP contribution >= 0.6 is 8.25 Å². The Labute approximate surface area is 80.4 Å². The lowest BCUT2D eigenvalue weighted by Crippen LogP contribution is -2.17. The molecule has 1 aliphatic rings. The summed E-state index contributed by atoms with van der Waals surface area (Å²) in [5.74, 6) is 1.38. The fraction of sp³-hybridized carbons (Fsp3) is 1.00. The molecule has 0 bridgehead atoms. The summed E-state index contributed by atoms with van der Waals surface area (Å²) in [5.41, 5.74) is 0. The fourth-order valence-corrected chi connectivity index (χ4v) is 2.31. The highest BCUT2D eigenvalue weighted by Crippen LogP contribution is 2.32. The van der Waals surface area contributed by atoms with Crippen molar-refractivity contribution in [3.05, 3.63) is 0 Å². The highest BCUT2D eigenvalue weighted by molar-refractivity contribution is 7.32. The van der Waals surface area contributed by atoms with E-state index in [1.165, 1.54) is 19.3 Å². The highest BCUT2D eigenvalue weighted by Gasteiger charge is 2.23. The van der Waals surface area contributed by atoms with Gasteiger partial charge in [0.1, 0.15) is 6.61 Å². The van der Waals surface area contributed by atoms with E-state index in [0.717, 1.165) is 18.8 Å². The van der Waals surface area contributed by atoms with E-state index >= 15 is 0 Å². The van der Waals surface area contributed by atoms with Crippen molar-refractivity contribution in [1.29, 1.82) is 0 Å². The Hall–Kier alpha value is 0.0200. The van der Waals surface area contributed by atoms with Gasteiger partial charge in [0, 0.05) is 4.57 Å². The molecule has 1 aliphatic carbocycles. The summed E-state index contributed by atoms with van der Waals surface area (Å²) in [6.45, 7) is 2.69. The van der Waals surface area contributed by atoms with Gasteiger partial charge in [-0.05, 0) is 24.7 Å². The van der Waals surface area contributed by atoms with Gasteiger partial charge in [0.25, 0.3) is 0 Å². The van der Waals surface area contributed by atoms with E-state index in [0.29, 0.717) is 12.5 Å². The van der Waals surface area contributed by atoms with Gasteiger partial charge in [-0.3, -0.25) is 0 Å². The van der Waals surface area contributed by atoms with Crippen molar-refractivity contribution >= 4 is 8.25 Å². The Kier molecular flexibility index (Phi) is 4.86. The Morgan fingerprint density at radius 3 is 2.31 bits per heavy atom. The Morgan fingerprint density at radius 2 is 1.85 bits per heavy atom. The monoisotopic (exact) mass is 205 g/mol. The lowest BCUT2D eigenvalue weighted by atomic mass is 9.81. The molecule has 0 heterocycles. The van der Waals surface area contributed by atoms with Gasteiger partial charge in [-0.15, -0.1) is 9.42 Å². The lowest BCUT2D eigenvalue weighted by molar-refractivity contribution is 0.174. The van der Waals surface area contributed by atoms with Crippen LogP contribution in [0.15, 0.2) is 0 Å². The molecule has 0 aromatic carbocycles. The van der Waals surface area contributed by atoms with E-state index in [4.69, 9.17) is 9.42 Å². The number of hydrogen-bond acceptors (Lipinski definition) is 2. The molecule has 3 nitrogen and oxygen atoms in total. The number of hydrogen-bond donors (Lipinski definition) is 1. The Morgan fingerprint density at radius 1 is 1.31 bits per heavy atom. The third-order valence-electron chi connectivity index (χ3n) is 2.96. The van der Waals surface area contributed by atoms with E-state index in [9.17, 15) is 4.57 Å². The van der Waals surface area contributed by atoms with Crippen molar-refractivity contribution in [1.82, 2.24) is 0 Å². The maximum Gasteiger partial charge on any atom is 0.694 e. The summed E-state index contributed by atoms with van der Waals surface area (Å²) in [6.07, 6.45) is 6.09. The average Bonchev–Trinajstić information content (AvgIpc) is 2.15. The highest BCUT2D eigenvalue weighted by atomic mass is 31.1. The molecule has 0 amide bonds. The van der Waals surface area contributed by atoms with Crippen LogP contribution in [0.4, 0.5) is 0 Å². The zero-order valence-corrected chi connectivity index (χ0v) is 9.00. The van der Waals surface area contributed by atoms with Gasteiger partial charge < -0.3 is 0 Å². The largest absolute Gasteiger partial charge is 0.694 e. The van der Waals surface area contributed by atoms with Crippen LogP contribution in [0.2, 0.25) is 0 Å². The predicted molar refractivity (Wildman–Crippen MR) is 51.5 cm³/mol. The molecular formula is C9H18O3P+. The summed E-state index contributed by atoms with van der Waals surface area (Å²) in [6, 6.07) is 0. The summed E-state index contributed by atoms with van der Waals surface area (Å²) in [4.78, 5) is 8.47. The van der Waals surface area contributed by atoms with Crippen LogP contribution in [0.25, 0.3) is 0 Å². The van der Waals surface area contributed by atoms with E-state index in [1.54, 1.807) is 0 Å². The first-order valence-corrected chi connectivity index (χ1v) is 6.14. The first kappa shape index (κ1) is 11.1. The smallest absolute Gasteiger partial charge is 0.133 e.